The van der Waals surface area contributed by atoms with Gasteiger partial charge in [-0.25, -0.2) is 10.2 Å². The molecule has 0 fully saturated rings. The highest BCUT2D eigenvalue weighted by Crippen LogP contribution is 1.85. The van der Waals surface area contributed by atoms with Gasteiger partial charge in [0, 0.05) is 0 Å². The molecule has 70 valence electrons. The van der Waals surface area contributed by atoms with Crippen molar-refractivity contribution >= 4 is 12.0 Å². The lowest BCUT2D eigenvalue weighted by molar-refractivity contribution is 0.0907. The molecule has 0 aliphatic heterocycles. The van der Waals surface area contributed by atoms with Crippen LogP contribution in [-0.2, 0) is 4.74 Å². The van der Waals surface area contributed by atoms with Gasteiger partial charge in [-0.15, -0.1) is 0 Å². The van der Waals surface area contributed by atoms with Gasteiger partial charge in [0.15, 0.2) is 0 Å². The zero-order chi connectivity index (χ0) is 9.68. The van der Waals surface area contributed by atoms with Gasteiger partial charge in [0.2, 0.25) is 6.39 Å². The van der Waals surface area contributed by atoms with Gasteiger partial charge in [0.25, 0.3) is 5.82 Å². The molecular weight excluding hydrogens is 180 g/mol. The van der Waals surface area contributed by atoms with Crippen LogP contribution in [0.25, 0.3) is 0 Å². The number of hydrogen-bond donors (Lipinski definition) is 2. The highest BCUT2D eigenvalue weighted by Gasteiger charge is 2.10. The van der Waals surface area contributed by atoms with Gasteiger partial charge in [-0.2, -0.15) is 4.98 Å². The molecule has 8 heteroatoms. The predicted molar refractivity (Wildman–Crippen MR) is 37.3 cm³/mol. The molecule has 0 aromatic carbocycles. The van der Waals surface area contributed by atoms with E-state index in [4.69, 9.17) is 0 Å². The lowest BCUT2D eigenvalue weighted by atomic mass is 10.6. The molecule has 0 aliphatic rings. The second-order valence-corrected chi connectivity index (χ2v) is 1.83. The van der Waals surface area contributed by atoms with E-state index in [1.165, 1.54) is 0 Å². The van der Waals surface area contributed by atoms with Crippen LogP contribution >= 0.6 is 0 Å². The van der Waals surface area contributed by atoms with Gasteiger partial charge < -0.3 is 9.26 Å². The minimum Gasteiger partial charge on any atom is -0.452 e. The molecule has 2 amide bonds. The third-order valence-electron chi connectivity index (χ3n) is 1.03. The molecule has 13 heavy (non-hydrogen) atoms. The van der Waals surface area contributed by atoms with Crippen molar-refractivity contribution < 1.29 is 18.8 Å². The second kappa shape index (κ2) is 4.04. The Labute approximate surface area is 72.2 Å². The zero-order valence-corrected chi connectivity index (χ0v) is 6.60. The highest BCUT2D eigenvalue weighted by molar-refractivity contribution is 5.91. The maximum Gasteiger partial charge on any atom is 0.425 e. The average molecular weight is 186 g/mol. The summed E-state index contributed by atoms with van der Waals surface area (Å²) in [5.74, 6) is -0.879. The third-order valence-corrected chi connectivity index (χ3v) is 1.03. The lowest BCUT2D eigenvalue weighted by Gasteiger charge is -2.01. The number of rotatable bonds is 1. The number of aromatic nitrogens is 2. The normalized spacial score (nSPS) is 9.00. The Bertz CT molecular complexity index is 295. The summed E-state index contributed by atoms with van der Waals surface area (Å²) >= 11 is 0. The topological polar surface area (TPSA) is 106 Å². The van der Waals surface area contributed by atoms with Crippen LogP contribution in [0, 0.1) is 0 Å². The van der Waals surface area contributed by atoms with Crippen molar-refractivity contribution in [2.75, 3.05) is 7.11 Å². The molecule has 0 unspecified atom stereocenters. The molecule has 1 heterocycles. The first-order valence-electron chi connectivity index (χ1n) is 3.14. The number of amides is 2. The Morgan fingerprint density at radius 3 is 2.85 bits per heavy atom. The van der Waals surface area contributed by atoms with Crippen LogP contribution in [0.1, 0.15) is 10.6 Å². The standard InChI is InChI=1S/C5H6N4O4/c1-12-5(11)8-7-4(10)3-6-2-13-9-3/h2H,1H3,(H,7,10)(H,8,11). The first-order valence-corrected chi connectivity index (χ1v) is 3.14. The number of hydrazine groups is 1. The number of carbonyl (C=O) groups excluding carboxylic acids is 2. The quantitative estimate of drug-likeness (QED) is 0.549. The average Bonchev–Trinajstić information content (AvgIpc) is 2.66. The van der Waals surface area contributed by atoms with Gasteiger partial charge in [-0.05, 0) is 0 Å². The van der Waals surface area contributed by atoms with E-state index in [0.29, 0.717) is 0 Å². The summed E-state index contributed by atoms with van der Waals surface area (Å²) < 4.78 is 8.49. The zero-order valence-electron chi connectivity index (χ0n) is 6.60. The van der Waals surface area contributed by atoms with E-state index in [1.54, 1.807) is 0 Å². The summed E-state index contributed by atoms with van der Waals surface area (Å²) in [5.41, 5.74) is 3.93. The number of carbonyl (C=O) groups is 2. The number of methoxy groups -OCH3 is 1. The monoisotopic (exact) mass is 186 g/mol. The largest absolute Gasteiger partial charge is 0.452 e. The van der Waals surface area contributed by atoms with Crippen LogP contribution in [0.15, 0.2) is 10.9 Å². The van der Waals surface area contributed by atoms with Crippen LogP contribution < -0.4 is 10.9 Å². The molecule has 0 radical (unpaired) electrons. The summed E-state index contributed by atoms with van der Waals surface area (Å²) in [4.78, 5) is 24.9. The van der Waals surface area contributed by atoms with E-state index < -0.39 is 12.0 Å². The number of ether oxygens (including phenoxy) is 1. The van der Waals surface area contributed by atoms with E-state index in [1.807, 2.05) is 10.9 Å². The summed E-state index contributed by atoms with van der Waals surface area (Å²) in [6.07, 6.45) is 0.199. The smallest absolute Gasteiger partial charge is 0.425 e. The van der Waals surface area contributed by atoms with E-state index >= 15 is 0 Å². The maximum absolute atomic E-state index is 11.0. The molecule has 1 aromatic heterocycles. The molecule has 0 atom stereocenters. The van der Waals surface area contributed by atoms with Crippen LogP contribution in [0.3, 0.4) is 0 Å². The van der Waals surface area contributed by atoms with Crippen molar-refractivity contribution in [3.8, 4) is 0 Å². The number of nitrogens with zero attached hydrogens (tertiary/aromatic N) is 2. The summed E-state index contributed by atoms with van der Waals surface area (Å²) in [6, 6.07) is 0. The third kappa shape index (κ3) is 2.43. The van der Waals surface area contributed by atoms with Crippen molar-refractivity contribution in [3.05, 3.63) is 12.2 Å². The fourth-order valence-electron chi connectivity index (χ4n) is 0.485. The van der Waals surface area contributed by atoms with Gasteiger partial charge in [-0.3, -0.25) is 10.2 Å². The summed E-state index contributed by atoms with van der Waals surface area (Å²) in [7, 11) is 1.16. The Hall–Kier alpha value is -2.12. The molecule has 8 nitrogen and oxygen atoms in total. The Morgan fingerprint density at radius 1 is 1.54 bits per heavy atom. The van der Waals surface area contributed by atoms with Crippen LogP contribution in [-0.4, -0.2) is 29.3 Å². The van der Waals surface area contributed by atoms with E-state index in [9.17, 15) is 9.59 Å². The number of hydrogen-bond acceptors (Lipinski definition) is 6. The van der Waals surface area contributed by atoms with Crippen molar-refractivity contribution in [2.45, 2.75) is 0 Å². The van der Waals surface area contributed by atoms with Crippen LogP contribution in [0.2, 0.25) is 0 Å². The Morgan fingerprint density at radius 2 is 2.31 bits per heavy atom. The van der Waals surface area contributed by atoms with Gasteiger partial charge in [0.1, 0.15) is 0 Å². The van der Waals surface area contributed by atoms with Crippen LogP contribution in [0.5, 0.6) is 0 Å². The SMILES string of the molecule is COC(=O)NNC(=O)c1ncon1. The number of nitrogens with one attached hydrogen (secondary N) is 2. The first kappa shape index (κ1) is 8.97. The van der Waals surface area contributed by atoms with Crippen LogP contribution in [0.4, 0.5) is 4.79 Å². The maximum atomic E-state index is 11.0. The fourth-order valence-corrected chi connectivity index (χ4v) is 0.485. The van der Waals surface area contributed by atoms with Gasteiger partial charge in [0.05, 0.1) is 7.11 Å². The van der Waals surface area contributed by atoms with Gasteiger partial charge >= 0.3 is 12.0 Å². The molecule has 0 saturated heterocycles. The molecule has 0 bridgehead atoms. The summed E-state index contributed by atoms with van der Waals surface area (Å²) in [6.45, 7) is 0. The molecular formula is C5H6N4O4. The predicted octanol–water partition coefficient (Wildman–Crippen LogP) is -0.930. The Balaban J connectivity index is 2.39. The lowest BCUT2D eigenvalue weighted by Crippen LogP contribution is -2.41. The molecule has 2 N–H and O–H groups in total. The van der Waals surface area contributed by atoms with Crippen molar-refractivity contribution in [1.82, 2.24) is 21.0 Å². The minimum atomic E-state index is -0.795. The van der Waals surface area contributed by atoms with E-state index in [0.717, 1.165) is 13.5 Å². The summed E-state index contributed by atoms with van der Waals surface area (Å²) in [5, 5.41) is 3.23. The molecule has 1 aromatic rings. The second-order valence-electron chi connectivity index (χ2n) is 1.83. The fraction of sp³-hybridized carbons (Fsp3) is 0.200. The van der Waals surface area contributed by atoms with E-state index in [2.05, 4.69) is 19.4 Å². The molecule has 0 spiro atoms. The van der Waals surface area contributed by atoms with Gasteiger partial charge in [-0.1, -0.05) is 5.16 Å². The first-order chi connectivity index (χ1) is 6.24. The highest BCUT2D eigenvalue weighted by atomic mass is 16.5. The van der Waals surface area contributed by atoms with Crippen molar-refractivity contribution in [1.29, 1.82) is 0 Å². The molecule has 0 aliphatic carbocycles. The van der Waals surface area contributed by atoms with E-state index in [-0.39, 0.29) is 5.82 Å². The Kier molecular flexibility index (Phi) is 2.79. The molecule has 0 saturated carbocycles. The van der Waals surface area contributed by atoms with Crippen molar-refractivity contribution in [3.63, 3.8) is 0 Å². The molecule has 1 rings (SSSR count). The minimum absolute atomic E-state index is 0.184. The van der Waals surface area contributed by atoms with Crippen molar-refractivity contribution in [2.24, 2.45) is 0 Å².